The average Bonchev–Trinajstić information content (AvgIpc) is 2.68. The first kappa shape index (κ1) is 19.0. The van der Waals surface area contributed by atoms with E-state index in [1.807, 2.05) is 19.9 Å². The van der Waals surface area contributed by atoms with Crippen LogP contribution in [0, 0.1) is 0 Å². The maximum atomic E-state index is 12.6. The van der Waals surface area contributed by atoms with Gasteiger partial charge in [0.05, 0.1) is 11.4 Å². The van der Waals surface area contributed by atoms with Crippen LogP contribution in [0.3, 0.4) is 0 Å². The van der Waals surface area contributed by atoms with Crippen molar-refractivity contribution in [3.8, 4) is 0 Å². The monoisotopic (exact) mass is 383 g/mol. The van der Waals surface area contributed by atoms with Crippen molar-refractivity contribution < 1.29 is 14.4 Å². The van der Waals surface area contributed by atoms with Crippen molar-refractivity contribution in [1.29, 1.82) is 0 Å². The molecule has 0 atom stereocenters. The molecule has 0 spiro atoms. The first-order valence-corrected chi connectivity index (χ1v) is 9.77. The summed E-state index contributed by atoms with van der Waals surface area (Å²) < 4.78 is 0. The van der Waals surface area contributed by atoms with E-state index in [0.29, 0.717) is 41.3 Å². The van der Waals surface area contributed by atoms with Gasteiger partial charge < -0.3 is 15.5 Å². The number of thioether (sulfide) groups is 1. The standard InChI is InChI=1S/C20H21N3O3S/c1-3-23(4-2)20(26)14-6-5-7-15(10-14)21-19(25)13-8-9-17-16(11-13)22-18(24)12-27-17/h5-11H,3-4,12H2,1-2H3,(H,21,25)(H,22,24). The van der Waals surface area contributed by atoms with Crippen molar-refractivity contribution in [2.45, 2.75) is 18.7 Å². The number of benzene rings is 2. The lowest BCUT2D eigenvalue weighted by atomic mass is 10.1. The summed E-state index contributed by atoms with van der Waals surface area (Å²) >= 11 is 1.45. The van der Waals surface area contributed by atoms with Crippen molar-refractivity contribution in [2.75, 3.05) is 29.5 Å². The number of nitrogens with zero attached hydrogens (tertiary/aromatic N) is 1. The highest BCUT2D eigenvalue weighted by Gasteiger charge is 2.18. The van der Waals surface area contributed by atoms with Gasteiger partial charge in [-0.15, -0.1) is 11.8 Å². The fourth-order valence-electron chi connectivity index (χ4n) is 2.85. The van der Waals surface area contributed by atoms with E-state index in [0.717, 1.165) is 4.90 Å². The molecule has 1 aliphatic rings. The molecule has 0 bridgehead atoms. The van der Waals surface area contributed by atoms with Gasteiger partial charge in [0.25, 0.3) is 11.8 Å². The Labute approximate surface area is 162 Å². The summed E-state index contributed by atoms with van der Waals surface area (Å²) in [6.45, 7) is 5.12. The summed E-state index contributed by atoms with van der Waals surface area (Å²) in [6.07, 6.45) is 0. The topological polar surface area (TPSA) is 78.5 Å². The fraction of sp³-hybridized carbons (Fsp3) is 0.250. The number of rotatable bonds is 5. The molecule has 1 heterocycles. The molecule has 0 radical (unpaired) electrons. The SMILES string of the molecule is CCN(CC)C(=O)c1cccc(NC(=O)c2ccc3c(c2)NC(=O)CS3)c1. The van der Waals surface area contributed by atoms with Gasteiger partial charge in [0.15, 0.2) is 0 Å². The van der Waals surface area contributed by atoms with Crippen molar-refractivity contribution in [2.24, 2.45) is 0 Å². The third-order valence-electron chi connectivity index (χ3n) is 4.29. The van der Waals surface area contributed by atoms with Crippen LogP contribution in [-0.2, 0) is 4.79 Å². The zero-order valence-electron chi connectivity index (χ0n) is 15.2. The number of fused-ring (bicyclic) bond motifs is 1. The number of hydrogen-bond donors (Lipinski definition) is 2. The molecular weight excluding hydrogens is 362 g/mol. The van der Waals surface area contributed by atoms with Crippen LogP contribution < -0.4 is 10.6 Å². The number of hydrogen-bond acceptors (Lipinski definition) is 4. The smallest absolute Gasteiger partial charge is 0.255 e. The number of nitrogens with one attached hydrogen (secondary N) is 2. The Morgan fingerprint density at radius 1 is 1.11 bits per heavy atom. The summed E-state index contributed by atoms with van der Waals surface area (Å²) in [5.41, 5.74) is 2.17. The number of anilines is 2. The first-order valence-electron chi connectivity index (χ1n) is 8.79. The molecule has 0 saturated heterocycles. The van der Waals surface area contributed by atoms with Crippen LogP contribution >= 0.6 is 11.8 Å². The zero-order valence-corrected chi connectivity index (χ0v) is 16.1. The predicted molar refractivity (Wildman–Crippen MR) is 107 cm³/mol. The van der Waals surface area contributed by atoms with E-state index in [9.17, 15) is 14.4 Å². The minimum atomic E-state index is -0.296. The van der Waals surface area contributed by atoms with Crippen LogP contribution in [-0.4, -0.2) is 41.5 Å². The van der Waals surface area contributed by atoms with Crippen LogP contribution in [0.2, 0.25) is 0 Å². The second kappa shape index (κ2) is 8.26. The number of carbonyl (C=O) groups excluding carboxylic acids is 3. The van der Waals surface area contributed by atoms with Crippen LogP contribution in [0.1, 0.15) is 34.6 Å². The Morgan fingerprint density at radius 3 is 2.63 bits per heavy atom. The molecule has 0 saturated carbocycles. The number of amides is 3. The normalized spacial score (nSPS) is 12.7. The molecule has 0 aliphatic carbocycles. The van der Waals surface area contributed by atoms with Crippen LogP contribution in [0.25, 0.3) is 0 Å². The average molecular weight is 383 g/mol. The Balaban J connectivity index is 1.77. The molecule has 0 aromatic heterocycles. The van der Waals surface area contributed by atoms with Gasteiger partial charge in [-0.05, 0) is 50.2 Å². The van der Waals surface area contributed by atoms with Gasteiger partial charge >= 0.3 is 0 Å². The lowest BCUT2D eigenvalue weighted by Crippen LogP contribution is -2.30. The highest BCUT2D eigenvalue weighted by atomic mass is 32.2. The van der Waals surface area contributed by atoms with Crippen molar-refractivity contribution in [3.05, 3.63) is 53.6 Å². The molecule has 3 amide bonds. The third kappa shape index (κ3) is 4.31. The Hall–Kier alpha value is -2.80. The van der Waals surface area contributed by atoms with Crippen LogP contribution in [0.5, 0.6) is 0 Å². The number of carbonyl (C=O) groups is 3. The van der Waals surface area contributed by atoms with Crippen molar-refractivity contribution in [3.63, 3.8) is 0 Å². The molecule has 0 unspecified atom stereocenters. The van der Waals surface area contributed by atoms with Gasteiger partial charge in [0.2, 0.25) is 5.91 Å². The summed E-state index contributed by atoms with van der Waals surface area (Å²) in [5, 5.41) is 5.60. The molecule has 1 aliphatic heterocycles. The lowest BCUT2D eigenvalue weighted by molar-refractivity contribution is -0.113. The molecule has 2 aromatic carbocycles. The van der Waals surface area contributed by atoms with Gasteiger partial charge in [-0.25, -0.2) is 0 Å². The molecule has 6 nitrogen and oxygen atoms in total. The van der Waals surface area contributed by atoms with Crippen molar-refractivity contribution >= 4 is 40.9 Å². The van der Waals surface area contributed by atoms with Crippen molar-refractivity contribution in [1.82, 2.24) is 4.90 Å². The molecule has 27 heavy (non-hydrogen) atoms. The predicted octanol–water partition coefficient (Wildman–Crippen LogP) is 3.47. The Morgan fingerprint density at radius 2 is 1.89 bits per heavy atom. The van der Waals surface area contributed by atoms with E-state index in [-0.39, 0.29) is 17.7 Å². The quantitative estimate of drug-likeness (QED) is 0.829. The van der Waals surface area contributed by atoms with Gasteiger partial charge in [-0.3, -0.25) is 14.4 Å². The molecule has 2 N–H and O–H groups in total. The van der Waals surface area contributed by atoms with E-state index < -0.39 is 0 Å². The van der Waals surface area contributed by atoms with E-state index in [1.54, 1.807) is 41.3 Å². The fourth-order valence-corrected chi connectivity index (χ4v) is 3.64. The second-order valence-electron chi connectivity index (χ2n) is 6.06. The lowest BCUT2D eigenvalue weighted by Gasteiger charge is -2.19. The highest BCUT2D eigenvalue weighted by Crippen LogP contribution is 2.32. The van der Waals surface area contributed by atoms with Gasteiger partial charge in [0, 0.05) is 34.8 Å². The summed E-state index contributed by atoms with van der Waals surface area (Å²) in [5.74, 6) is -0.0568. The Kier molecular flexibility index (Phi) is 5.81. The van der Waals surface area contributed by atoms with E-state index in [1.165, 1.54) is 11.8 Å². The largest absolute Gasteiger partial charge is 0.339 e. The summed E-state index contributed by atoms with van der Waals surface area (Å²) in [6, 6.07) is 12.1. The third-order valence-corrected chi connectivity index (χ3v) is 5.37. The molecule has 0 fully saturated rings. The molecular formula is C20H21N3O3S. The molecule has 3 rings (SSSR count). The second-order valence-corrected chi connectivity index (χ2v) is 7.08. The summed E-state index contributed by atoms with van der Waals surface area (Å²) in [4.78, 5) is 39.3. The van der Waals surface area contributed by atoms with Gasteiger partial charge in [-0.2, -0.15) is 0 Å². The molecule has 140 valence electrons. The van der Waals surface area contributed by atoms with E-state index >= 15 is 0 Å². The van der Waals surface area contributed by atoms with E-state index in [2.05, 4.69) is 10.6 Å². The van der Waals surface area contributed by atoms with Gasteiger partial charge in [-0.1, -0.05) is 6.07 Å². The van der Waals surface area contributed by atoms with E-state index in [4.69, 9.17) is 0 Å². The van der Waals surface area contributed by atoms with Crippen LogP contribution in [0.15, 0.2) is 47.4 Å². The van der Waals surface area contributed by atoms with Gasteiger partial charge in [0.1, 0.15) is 0 Å². The highest BCUT2D eigenvalue weighted by molar-refractivity contribution is 8.00. The zero-order chi connectivity index (χ0) is 19.4. The minimum absolute atomic E-state index is 0.0652. The maximum Gasteiger partial charge on any atom is 0.255 e. The minimum Gasteiger partial charge on any atom is -0.339 e. The summed E-state index contributed by atoms with van der Waals surface area (Å²) in [7, 11) is 0. The molecule has 2 aromatic rings. The Bertz CT molecular complexity index is 894. The maximum absolute atomic E-state index is 12.6. The molecule has 7 heteroatoms. The first-order chi connectivity index (χ1) is 13.0. The van der Waals surface area contributed by atoms with Crippen LogP contribution in [0.4, 0.5) is 11.4 Å².